The maximum atomic E-state index is 9.65. The van der Waals surface area contributed by atoms with E-state index in [0.29, 0.717) is 12.6 Å². The lowest BCUT2D eigenvalue weighted by Gasteiger charge is -2.26. The van der Waals surface area contributed by atoms with Crippen LogP contribution in [0.1, 0.15) is 40.0 Å². The van der Waals surface area contributed by atoms with Crippen molar-refractivity contribution in [1.82, 2.24) is 15.1 Å². The summed E-state index contributed by atoms with van der Waals surface area (Å²) in [6.45, 7) is 11.0. The summed E-state index contributed by atoms with van der Waals surface area (Å²) in [6.07, 6.45) is 3.35. The second-order valence-corrected chi connectivity index (χ2v) is 6.19. The van der Waals surface area contributed by atoms with Gasteiger partial charge in [0.05, 0.1) is 12.6 Å². The number of hydrogen-bond acceptors (Lipinski definition) is 3. The van der Waals surface area contributed by atoms with Crippen LogP contribution in [0.2, 0.25) is 0 Å². The molecule has 21 heavy (non-hydrogen) atoms. The Balaban J connectivity index is 0.00000220. The molecular formula is C15H31IN4O. The summed E-state index contributed by atoms with van der Waals surface area (Å²) in [5, 5.41) is 13.0. The van der Waals surface area contributed by atoms with Gasteiger partial charge in [-0.2, -0.15) is 0 Å². The molecule has 1 atom stereocenters. The predicted molar refractivity (Wildman–Crippen MR) is 98.5 cm³/mol. The van der Waals surface area contributed by atoms with E-state index < -0.39 is 0 Å². The van der Waals surface area contributed by atoms with E-state index in [-0.39, 0.29) is 30.1 Å². The molecule has 1 aliphatic carbocycles. The SMILES string of the molecule is CCNC(=NCCN(C(C)C)C1CC1)N1CC[C@@H](O)C1.I. The lowest BCUT2D eigenvalue weighted by atomic mass is 10.3. The molecule has 0 aromatic carbocycles. The van der Waals surface area contributed by atoms with Crippen LogP contribution in [0.3, 0.4) is 0 Å². The van der Waals surface area contributed by atoms with Crippen molar-refractivity contribution in [3.8, 4) is 0 Å². The second kappa shape index (κ2) is 9.15. The number of guanidine groups is 1. The molecule has 124 valence electrons. The number of aliphatic imine (C=N–C) groups is 1. The van der Waals surface area contributed by atoms with Crippen LogP contribution in [0.15, 0.2) is 4.99 Å². The summed E-state index contributed by atoms with van der Waals surface area (Å²) in [7, 11) is 0. The minimum atomic E-state index is -0.197. The maximum Gasteiger partial charge on any atom is 0.194 e. The number of rotatable bonds is 6. The molecule has 1 saturated heterocycles. The van der Waals surface area contributed by atoms with Gasteiger partial charge in [-0.3, -0.25) is 9.89 Å². The summed E-state index contributed by atoms with van der Waals surface area (Å²) < 4.78 is 0. The van der Waals surface area contributed by atoms with E-state index in [1.807, 2.05) is 0 Å². The fourth-order valence-corrected chi connectivity index (χ4v) is 2.90. The molecule has 6 heteroatoms. The highest BCUT2D eigenvalue weighted by Gasteiger charge is 2.30. The zero-order valence-corrected chi connectivity index (χ0v) is 15.9. The van der Waals surface area contributed by atoms with Crippen LogP contribution in [0.4, 0.5) is 0 Å². The summed E-state index contributed by atoms with van der Waals surface area (Å²) >= 11 is 0. The van der Waals surface area contributed by atoms with Gasteiger partial charge in [0, 0.05) is 38.3 Å². The number of nitrogens with one attached hydrogen (secondary N) is 1. The number of nitrogens with zero attached hydrogens (tertiary/aromatic N) is 3. The van der Waals surface area contributed by atoms with Crippen molar-refractivity contribution in [3.05, 3.63) is 0 Å². The summed E-state index contributed by atoms with van der Waals surface area (Å²) in [4.78, 5) is 9.47. The molecule has 1 heterocycles. The molecule has 2 rings (SSSR count). The van der Waals surface area contributed by atoms with Gasteiger partial charge >= 0.3 is 0 Å². The third-order valence-electron chi connectivity index (χ3n) is 4.10. The zero-order chi connectivity index (χ0) is 14.5. The molecule has 0 unspecified atom stereocenters. The first-order valence-corrected chi connectivity index (χ1v) is 8.09. The lowest BCUT2D eigenvalue weighted by molar-refractivity contribution is 0.187. The third kappa shape index (κ3) is 5.90. The molecular weight excluding hydrogens is 379 g/mol. The van der Waals surface area contributed by atoms with Gasteiger partial charge < -0.3 is 15.3 Å². The molecule has 0 aromatic rings. The van der Waals surface area contributed by atoms with Crippen molar-refractivity contribution in [1.29, 1.82) is 0 Å². The highest BCUT2D eigenvalue weighted by atomic mass is 127. The van der Waals surface area contributed by atoms with E-state index in [2.05, 4.69) is 35.9 Å². The van der Waals surface area contributed by atoms with Crippen LogP contribution in [0.25, 0.3) is 0 Å². The van der Waals surface area contributed by atoms with Crippen LogP contribution in [-0.4, -0.2) is 71.8 Å². The summed E-state index contributed by atoms with van der Waals surface area (Å²) in [6, 6.07) is 1.40. The van der Waals surface area contributed by atoms with Gasteiger partial charge in [0.2, 0.25) is 0 Å². The highest BCUT2D eigenvalue weighted by molar-refractivity contribution is 14.0. The summed E-state index contributed by atoms with van der Waals surface area (Å²) in [5.41, 5.74) is 0. The quantitative estimate of drug-likeness (QED) is 0.396. The normalized spacial score (nSPS) is 22.9. The number of β-amino-alcohol motifs (C(OH)–C–C–N with tert-alkyl or cyclic N) is 1. The van der Waals surface area contributed by atoms with Gasteiger partial charge in [-0.15, -0.1) is 24.0 Å². The van der Waals surface area contributed by atoms with Crippen molar-refractivity contribution >= 4 is 29.9 Å². The Labute approximate surface area is 146 Å². The van der Waals surface area contributed by atoms with E-state index >= 15 is 0 Å². The minimum absolute atomic E-state index is 0. The lowest BCUT2D eigenvalue weighted by Crippen LogP contribution is -2.41. The van der Waals surface area contributed by atoms with Gasteiger partial charge in [0.1, 0.15) is 0 Å². The van der Waals surface area contributed by atoms with E-state index in [9.17, 15) is 5.11 Å². The molecule has 1 saturated carbocycles. The number of hydrogen-bond donors (Lipinski definition) is 2. The Kier molecular flexibility index (Phi) is 8.26. The van der Waals surface area contributed by atoms with Gasteiger partial charge in [-0.05, 0) is 40.0 Å². The van der Waals surface area contributed by atoms with E-state index in [1.165, 1.54) is 12.8 Å². The van der Waals surface area contributed by atoms with Crippen LogP contribution in [-0.2, 0) is 0 Å². The van der Waals surface area contributed by atoms with E-state index in [0.717, 1.165) is 44.6 Å². The van der Waals surface area contributed by atoms with Crippen molar-refractivity contribution in [2.45, 2.75) is 58.2 Å². The topological polar surface area (TPSA) is 51.1 Å². The van der Waals surface area contributed by atoms with Crippen LogP contribution < -0.4 is 5.32 Å². The van der Waals surface area contributed by atoms with Crippen molar-refractivity contribution in [3.63, 3.8) is 0 Å². The third-order valence-corrected chi connectivity index (χ3v) is 4.10. The Morgan fingerprint density at radius 1 is 1.38 bits per heavy atom. The Morgan fingerprint density at radius 3 is 2.57 bits per heavy atom. The monoisotopic (exact) mass is 410 g/mol. The first-order chi connectivity index (χ1) is 9.61. The van der Waals surface area contributed by atoms with Crippen molar-refractivity contribution in [2.24, 2.45) is 4.99 Å². The first-order valence-electron chi connectivity index (χ1n) is 8.09. The molecule has 2 N–H and O–H groups in total. The molecule has 2 fully saturated rings. The number of likely N-dealkylation sites (tertiary alicyclic amines) is 1. The van der Waals surface area contributed by atoms with Crippen LogP contribution in [0, 0.1) is 0 Å². The molecule has 1 aliphatic heterocycles. The van der Waals surface area contributed by atoms with Crippen LogP contribution >= 0.6 is 24.0 Å². The Hall–Kier alpha value is -0.0800. The minimum Gasteiger partial charge on any atom is -0.391 e. The fourth-order valence-electron chi connectivity index (χ4n) is 2.90. The summed E-state index contributed by atoms with van der Waals surface area (Å²) in [5.74, 6) is 0.962. The molecule has 0 spiro atoms. The van der Waals surface area contributed by atoms with Crippen molar-refractivity contribution in [2.75, 3.05) is 32.7 Å². The standard InChI is InChI=1S/C15H30N4O.HI/c1-4-16-15(18-9-7-14(20)11-18)17-8-10-19(12(2)3)13-5-6-13;/h12-14,20H,4-11H2,1-3H3,(H,16,17);1H/t14-;/m1./s1. The molecule has 5 nitrogen and oxygen atoms in total. The average Bonchev–Trinajstić information content (AvgIpc) is 3.14. The van der Waals surface area contributed by atoms with E-state index in [4.69, 9.17) is 4.99 Å². The molecule has 0 aromatic heterocycles. The Bertz CT molecular complexity index is 332. The van der Waals surface area contributed by atoms with Crippen molar-refractivity contribution < 1.29 is 5.11 Å². The zero-order valence-electron chi connectivity index (χ0n) is 13.6. The molecule has 0 amide bonds. The molecule has 0 bridgehead atoms. The average molecular weight is 410 g/mol. The van der Waals surface area contributed by atoms with Gasteiger partial charge in [-0.25, -0.2) is 0 Å². The Morgan fingerprint density at radius 2 is 2.10 bits per heavy atom. The number of aliphatic hydroxyl groups is 1. The highest BCUT2D eigenvalue weighted by Crippen LogP contribution is 2.28. The number of aliphatic hydroxyl groups excluding tert-OH is 1. The first kappa shape index (κ1) is 19.0. The van der Waals surface area contributed by atoms with Gasteiger partial charge in [-0.1, -0.05) is 0 Å². The van der Waals surface area contributed by atoms with E-state index in [1.54, 1.807) is 0 Å². The predicted octanol–water partition coefficient (Wildman–Crippen LogP) is 1.51. The molecule has 0 radical (unpaired) electrons. The largest absolute Gasteiger partial charge is 0.391 e. The number of halogens is 1. The van der Waals surface area contributed by atoms with Crippen LogP contribution in [0.5, 0.6) is 0 Å². The van der Waals surface area contributed by atoms with Gasteiger partial charge in [0.15, 0.2) is 5.96 Å². The maximum absolute atomic E-state index is 9.65. The fraction of sp³-hybridized carbons (Fsp3) is 0.933. The smallest absolute Gasteiger partial charge is 0.194 e. The second-order valence-electron chi connectivity index (χ2n) is 6.19. The van der Waals surface area contributed by atoms with Gasteiger partial charge in [0.25, 0.3) is 0 Å². The molecule has 2 aliphatic rings.